The number of sulfone groups is 1. The molecule has 2 aliphatic carbocycles. The van der Waals surface area contributed by atoms with Crippen molar-refractivity contribution in [3.8, 4) is 17.2 Å². The highest BCUT2D eigenvalue weighted by Crippen LogP contribution is 2.59. The number of amides is 1. The molecule has 2 saturated carbocycles. The summed E-state index contributed by atoms with van der Waals surface area (Å²) in [7, 11) is -3.29. The number of nitriles is 1. The second-order valence-corrected chi connectivity index (χ2v) is 11.6. The Morgan fingerprint density at radius 2 is 1.88 bits per heavy atom. The molecule has 1 amide bonds. The first kappa shape index (κ1) is 22.1. The minimum atomic E-state index is -3.29. The Labute approximate surface area is 193 Å². The minimum absolute atomic E-state index is 0.0193. The molecule has 33 heavy (non-hydrogen) atoms. The van der Waals surface area contributed by atoms with Crippen LogP contribution in [0.3, 0.4) is 0 Å². The van der Waals surface area contributed by atoms with Gasteiger partial charge in [-0.1, -0.05) is 31.2 Å². The summed E-state index contributed by atoms with van der Waals surface area (Å²) in [5, 5.41) is 15.7. The van der Waals surface area contributed by atoms with Crippen LogP contribution in [0.2, 0.25) is 0 Å². The quantitative estimate of drug-likeness (QED) is 0.653. The van der Waals surface area contributed by atoms with Crippen LogP contribution < -0.4 is 10.6 Å². The topological polar surface area (TPSA) is 99.1 Å². The lowest BCUT2D eigenvalue weighted by atomic mass is 9.96. The molecule has 3 fully saturated rings. The summed E-state index contributed by atoms with van der Waals surface area (Å²) >= 11 is 0. The van der Waals surface area contributed by atoms with Gasteiger partial charge in [0, 0.05) is 12.5 Å². The monoisotopic (exact) mass is 467 g/mol. The Bertz CT molecular complexity index is 1240. The van der Waals surface area contributed by atoms with Gasteiger partial charge in [-0.15, -0.1) is 0 Å². The number of nitrogens with zero attached hydrogens (tertiary/aromatic N) is 1. The van der Waals surface area contributed by atoms with Crippen molar-refractivity contribution in [1.82, 2.24) is 10.6 Å². The van der Waals surface area contributed by atoms with Crippen molar-refractivity contribution in [1.29, 1.82) is 5.26 Å². The average Bonchev–Trinajstić information content (AvgIpc) is 3.42. The summed E-state index contributed by atoms with van der Waals surface area (Å²) < 4.78 is 38.8. The molecule has 172 valence electrons. The van der Waals surface area contributed by atoms with E-state index in [4.69, 9.17) is 0 Å². The third-order valence-electron chi connectivity index (χ3n) is 7.46. The average molecular weight is 468 g/mol. The van der Waals surface area contributed by atoms with Crippen molar-refractivity contribution in [3.63, 3.8) is 0 Å². The molecule has 2 N–H and O–H groups in total. The molecular weight excluding hydrogens is 441 g/mol. The summed E-state index contributed by atoms with van der Waals surface area (Å²) in [6.07, 6.45) is 2.31. The molecule has 1 heterocycles. The van der Waals surface area contributed by atoms with E-state index in [1.54, 1.807) is 31.2 Å². The van der Waals surface area contributed by atoms with E-state index in [1.165, 1.54) is 24.6 Å². The van der Waals surface area contributed by atoms with Gasteiger partial charge in [0.2, 0.25) is 5.91 Å². The van der Waals surface area contributed by atoms with Crippen molar-refractivity contribution in [2.24, 2.45) is 17.8 Å². The summed E-state index contributed by atoms with van der Waals surface area (Å²) in [5.41, 5.74) is 1.65. The molecule has 0 unspecified atom stereocenters. The van der Waals surface area contributed by atoms with Gasteiger partial charge in [0.25, 0.3) is 0 Å². The van der Waals surface area contributed by atoms with Crippen LogP contribution in [0.4, 0.5) is 4.39 Å². The lowest BCUT2D eigenvalue weighted by Crippen LogP contribution is -2.51. The zero-order chi connectivity index (χ0) is 23.3. The van der Waals surface area contributed by atoms with E-state index in [0.29, 0.717) is 34.6 Å². The number of piperidine rings is 1. The molecule has 1 aliphatic heterocycles. The fraction of sp³-hybridized carbons (Fsp3) is 0.440. The van der Waals surface area contributed by atoms with Crippen molar-refractivity contribution >= 4 is 15.7 Å². The Hall–Kier alpha value is -2.76. The number of nitrogens with one attached hydrogen (secondary N) is 2. The molecular formula is C25H26FN3O3S. The molecule has 2 aromatic carbocycles. The zero-order valence-electron chi connectivity index (χ0n) is 18.3. The van der Waals surface area contributed by atoms with Gasteiger partial charge >= 0.3 is 0 Å². The van der Waals surface area contributed by atoms with Crippen LogP contribution in [0, 0.1) is 34.9 Å². The second kappa shape index (κ2) is 8.23. The second-order valence-electron chi connectivity index (χ2n) is 9.34. The van der Waals surface area contributed by atoms with E-state index in [-0.39, 0.29) is 29.0 Å². The van der Waals surface area contributed by atoms with Crippen molar-refractivity contribution in [2.45, 2.75) is 49.2 Å². The predicted octanol–water partition coefficient (Wildman–Crippen LogP) is 2.83. The Balaban J connectivity index is 1.25. The number of hydrogen-bond acceptors (Lipinski definition) is 5. The van der Waals surface area contributed by atoms with Crippen LogP contribution >= 0.6 is 0 Å². The molecule has 0 aromatic heterocycles. The fourth-order valence-electron chi connectivity index (χ4n) is 5.56. The number of carbonyl (C=O) groups is 1. The first-order valence-electron chi connectivity index (χ1n) is 11.4. The maximum absolute atomic E-state index is 14.8. The first-order valence-corrected chi connectivity index (χ1v) is 13.0. The highest BCUT2D eigenvalue weighted by atomic mass is 32.2. The number of benzene rings is 2. The van der Waals surface area contributed by atoms with Gasteiger partial charge in [0.1, 0.15) is 11.9 Å². The molecule has 8 heteroatoms. The summed E-state index contributed by atoms with van der Waals surface area (Å²) in [5.74, 6) is 1.11. The molecule has 5 rings (SSSR count). The summed E-state index contributed by atoms with van der Waals surface area (Å²) in [6.45, 7) is 1.59. The first-order chi connectivity index (χ1) is 15.8. The lowest BCUT2D eigenvalue weighted by molar-refractivity contribution is -0.124. The van der Waals surface area contributed by atoms with E-state index >= 15 is 0 Å². The van der Waals surface area contributed by atoms with Crippen LogP contribution in [0.15, 0.2) is 47.4 Å². The van der Waals surface area contributed by atoms with Gasteiger partial charge in [-0.25, -0.2) is 12.8 Å². The van der Waals surface area contributed by atoms with Crippen molar-refractivity contribution in [3.05, 3.63) is 53.8 Å². The van der Waals surface area contributed by atoms with E-state index in [9.17, 15) is 22.9 Å². The maximum Gasteiger partial charge on any atom is 0.238 e. The van der Waals surface area contributed by atoms with Crippen molar-refractivity contribution < 1.29 is 17.6 Å². The number of hydrogen-bond donors (Lipinski definition) is 2. The molecule has 3 aliphatic rings. The Morgan fingerprint density at radius 3 is 2.48 bits per heavy atom. The van der Waals surface area contributed by atoms with Crippen LogP contribution in [0.1, 0.15) is 25.3 Å². The van der Waals surface area contributed by atoms with Gasteiger partial charge < -0.3 is 10.6 Å². The SMILES string of the molecule is CCS(=O)(=O)c1ccc(-c2ccc(C[C@@H](C#N)NC(=O)[C@H]3N[C@H]4C[C@H]3[C@@H]3C[C@@H]34)c(F)c2)cc1. The maximum atomic E-state index is 14.8. The normalized spacial score (nSPS) is 28.1. The number of rotatable bonds is 7. The van der Waals surface area contributed by atoms with Gasteiger partial charge in [-0.2, -0.15) is 5.26 Å². The number of fused-ring (bicyclic) bond motifs is 5. The van der Waals surface area contributed by atoms with Gasteiger partial charge in [0.05, 0.1) is 22.8 Å². The van der Waals surface area contributed by atoms with E-state index in [0.717, 1.165) is 12.3 Å². The van der Waals surface area contributed by atoms with E-state index in [1.807, 2.05) is 0 Å². The smallest absolute Gasteiger partial charge is 0.238 e. The minimum Gasteiger partial charge on any atom is -0.339 e. The predicted molar refractivity (Wildman–Crippen MR) is 121 cm³/mol. The van der Waals surface area contributed by atoms with Crippen LogP contribution in [0.5, 0.6) is 0 Å². The van der Waals surface area contributed by atoms with Gasteiger partial charge in [-0.3, -0.25) is 4.79 Å². The highest BCUT2D eigenvalue weighted by Gasteiger charge is 2.62. The number of carbonyl (C=O) groups excluding carboxylic acids is 1. The standard InChI is InChI=1S/C25H26FN3O3S/c1-2-33(31,32)18-7-5-14(6-8-18)15-3-4-16(22(26)10-15)9-17(13-27)28-25(30)24-21-12-23(29-24)20-11-19(20)21/h3-8,10,17,19-21,23-24,29H,2,9,11-12H2,1H3,(H,28,30)/t17-,19+,20-,21-,23-,24-/m0/s1. The molecule has 2 bridgehead atoms. The van der Waals surface area contributed by atoms with E-state index in [2.05, 4.69) is 16.7 Å². The van der Waals surface area contributed by atoms with E-state index < -0.39 is 21.7 Å². The molecule has 1 saturated heterocycles. The molecule has 6 atom stereocenters. The van der Waals surface area contributed by atoms with Crippen LogP contribution in [0.25, 0.3) is 11.1 Å². The van der Waals surface area contributed by atoms with Crippen molar-refractivity contribution in [2.75, 3.05) is 5.75 Å². The molecule has 6 nitrogen and oxygen atoms in total. The van der Waals surface area contributed by atoms with Gasteiger partial charge in [0.15, 0.2) is 9.84 Å². The summed E-state index contributed by atoms with van der Waals surface area (Å²) in [4.78, 5) is 13.0. The fourth-order valence-corrected chi connectivity index (χ4v) is 6.44. The van der Waals surface area contributed by atoms with Crippen LogP contribution in [-0.4, -0.2) is 38.2 Å². The third-order valence-corrected chi connectivity index (χ3v) is 9.21. The third kappa shape index (κ3) is 4.04. The Morgan fingerprint density at radius 1 is 1.15 bits per heavy atom. The molecule has 0 radical (unpaired) electrons. The Kier molecular flexibility index (Phi) is 5.50. The van der Waals surface area contributed by atoms with Crippen LogP contribution in [-0.2, 0) is 21.1 Å². The van der Waals surface area contributed by atoms with Gasteiger partial charge in [-0.05, 0) is 65.5 Å². The lowest BCUT2D eigenvalue weighted by Gasteiger charge is -2.23. The zero-order valence-corrected chi connectivity index (χ0v) is 19.1. The summed E-state index contributed by atoms with van der Waals surface area (Å²) in [6, 6.07) is 12.5. The number of halogens is 1. The largest absolute Gasteiger partial charge is 0.339 e. The highest BCUT2D eigenvalue weighted by molar-refractivity contribution is 7.91. The molecule has 0 spiro atoms. The molecule has 2 aromatic rings.